The number of pyridine rings is 2. The van der Waals surface area contributed by atoms with E-state index in [1.54, 1.807) is 6.92 Å². The number of nitrogens with two attached hydrogens (primary N) is 1. The molecular formula is C19H27FN6O. The number of nitrogens with one attached hydrogen (secondary N) is 1. The van der Waals surface area contributed by atoms with Crippen molar-refractivity contribution in [3.63, 3.8) is 0 Å². The van der Waals surface area contributed by atoms with E-state index in [4.69, 9.17) is 15.5 Å². The first-order chi connectivity index (χ1) is 13.1. The van der Waals surface area contributed by atoms with Gasteiger partial charge in [0.15, 0.2) is 0 Å². The van der Waals surface area contributed by atoms with Crippen molar-refractivity contribution in [2.45, 2.75) is 13.8 Å². The lowest BCUT2D eigenvalue weighted by atomic mass is 10.2. The van der Waals surface area contributed by atoms with Gasteiger partial charge in [0.05, 0.1) is 13.2 Å². The van der Waals surface area contributed by atoms with Gasteiger partial charge in [-0.1, -0.05) is 0 Å². The highest BCUT2D eigenvalue weighted by atomic mass is 19.1. The molecule has 0 radical (unpaired) electrons. The minimum Gasteiger partial charge on any atom is -0.378 e. The molecule has 0 saturated carbocycles. The standard InChI is InChI=1S/C19H27FN6O/c1-3-25(5-4-21)15-10-18(23-17-12-16(20)14(2)13-22-17)24-19(11-15)26-6-8-27-9-7-26/h10-13H,3-9,21H2,1-2H3,(H,22,23,24). The highest BCUT2D eigenvalue weighted by Crippen LogP contribution is 2.27. The second-order valence-corrected chi connectivity index (χ2v) is 6.48. The van der Waals surface area contributed by atoms with Gasteiger partial charge in [-0.05, 0) is 13.8 Å². The molecule has 3 heterocycles. The number of ether oxygens (including phenoxy) is 1. The summed E-state index contributed by atoms with van der Waals surface area (Å²) in [4.78, 5) is 13.4. The summed E-state index contributed by atoms with van der Waals surface area (Å²) in [5.41, 5.74) is 7.30. The summed E-state index contributed by atoms with van der Waals surface area (Å²) in [5, 5.41) is 3.13. The Morgan fingerprint density at radius 2 is 2.04 bits per heavy atom. The number of hydrogen-bond donors (Lipinski definition) is 2. The Morgan fingerprint density at radius 3 is 2.70 bits per heavy atom. The van der Waals surface area contributed by atoms with Crippen LogP contribution in [-0.4, -0.2) is 55.9 Å². The molecule has 0 amide bonds. The van der Waals surface area contributed by atoms with Crippen LogP contribution in [0.2, 0.25) is 0 Å². The summed E-state index contributed by atoms with van der Waals surface area (Å²) in [7, 11) is 0. The number of likely N-dealkylation sites (N-methyl/N-ethyl adjacent to an activating group) is 1. The predicted molar refractivity (Wildman–Crippen MR) is 106 cm³/mol. The van der Waals surface area contributed by atoms with E-state index in [9.17, 15) is 4.39 Å². The van der Waals surface area contributed by atoms with E-state index < -0.39 is 0 Å². The van der Waals surface area contributed by atoms with Crippen molar-refractivity contribution in [3.05, 3.63) is 35.8 Å². The van der Waals surface area contributed by atoms with E-state index in [0.717, 1.165) is 37.7 Å². The highest BCUT2D eigenvalue weighted by molar-refractivity contribution is 5.65. The van der Waals surface area contributed by atoms with Gasteiger partial charge in [-0.25, -0.2) is 14.4 Å². The molecule has 146 valence electrons. The van der Waals surface area contributed by atoms with Crippen LogP contribution in [0.3, 0.4) is 0 Å². The average molecular weight is 374 g/mol. The van der Waals surface area contributed by atoms with E-state index in [1.807, 2.05) is 6.07 Å². The second kappa shape index (κ2) is 8.96. The van der Waals surface area contributed by atoms with Crippen molar-refractivity contribution in [1.29, 1.82) is 0 Å². The minimum atomic E-state index is -0.296. The normalized spacial score (nSPS) is 14.3. The fourth-order valence-electron chi connectivity index (χ4n) is 3.03. The van der Waals surface area contributed by atoms with Gasteiger partial charge in [0.1, 0.15) is 23.3 Å². The van der Waals surface area contributed by atoms with Crippen LogP contribution in [0.15, 0.2) is 24.4 Å². The van der Waals surface area contributed by atoms with Crippen LogP contribution in [0.25, 0.3) is 0 Å². The summed E-state index contributed by atoms with van der Waals surface area (Å²) in [6.07, 6.45) is 1.51. The first-order valence-electron chi connectivity index (χ1n) is 9.29. The molecule has 2 aromatic rings. The first-order valence-corrected chi connectivity index (χ1v) is 9.29. The zero-order valence-electron chi connectivity index (χ0n) is 15.9. The van der Waals surface area contributed by atoms with Crippen LogP contribution < -0.4 is 20.9 Å². The SMILES string of the molecule is CCN(CCN)c1cc(Nc2cc(F)c(C)cn2)nc(N2CCOCC2)c1. The molecule has 0 atom stereocenters. The fourth-order valence-corrected chi connectivity index (χ4v) is 3.03. The molecule has 7 nitrogen and oxygen atoms in total. The lowest BCUT2D eigenvalue weighted by Gasteiger charge is -2.30. The van der Waals surface area contributed by atoms with Gasteiger partial charge in [-0.2, -0.15) is 0 Å². The van der Waals surface area contributed by atoms with Crippen molar-refractivity contribution >= 4 is 23.1 Å². The Morgan fingerprint density at radius 1 is 1.26 bits per heavy atom. The Kier molecular flexibility index (Phi) is 6.41. The molecule has 1 fully saturated rings. The topological polar surface area (TPSA) is 79.5 Å². The minimum absolute atomic E-state index is 0.296. The molecule has 1 saturated heterocycles. The smallest absolute Gasteiger partial charge is 0.136 e. The Labute approximate surface area is 159 Å². The van der Waals surface area contributed by atoms with Crippen LogP contribution in [0.4, 0.5) is 27.5 Å². The van der Waals surface area contributed by atoms with E-state index >= 15 is 0 Å². The van der Waals surface area contributed by atoms with Gasteiger partial charge in [-0.15, -0.1) is 0 Å². The van der Waals surface area contributed by atoms with Gasteiger partial charge in [0.25, 0.3) is 0 Å². The van der Waals surface area contributed by atoms with Crippen molar-refractivity contribution in [2.24, 2.45) is 5.73 Å². The lowest BCUT2D eigenvalue weighted by molar-refractivity contribution is 0.122. The van der Waals surface area contributed by atoms with Crippen LogP contribution in [0, 0.1) is 12.7 Å². The molecule has 3 N–H and O–H groups in total. The summed E-state index contributed by atoms with van der Waals surface area (Å²) < 4.78 is 19.3. The van der Waals surface area contributed by atoms with Gasteiger partial charge in [0.2, 0.25) is 0 Å². The van der Waals surface area contributed by atoms with Crippen molar-refractivity contribution < 1.29 is 9.13 Å². The zero-order chi connectivity index (χ0) is 19.2. The molecule has 0 aromatic carbocycles. The first kappa shape index (κ1) is 19.3. The van der Waals surface area contributed by atoms with E-state index in [1.165, 1.54) is 12.3 Å². The number of morpholine rings is 1. The maximum absolute atomic E-state index is 13.9. The third-order valence-electron chi connectivity index (χ3n) is 4.57. The summed E-state index contributed by atoms with van der Waals surface area (Å²) in [6, 6.07) is 5.40. The maximum atomic E-state index is 13.9. The Bertz CT molecular complexity index is 743. The van der Waals surface area contributed by atoms with Crippen molar-refractivity contribution in [2.75, 3.05) is 61.1 Å². The van der Waals surface area contributed by atoms with E-state index in [-0.39, 0.29) is 5.82 Å². The van der Waals surface area contributed by atoms with E-state index in [2.05, 4.69) is 33.1 Å². The van der Waals surface area contributed by atoms with Gasteiger partial charge >= 0.3 is 0 Å². The number of nitrogens with zero attached hydrogens (tertiary/aromatic N) is 4. The van der Waals surface area contributed by atoms with E-state index in [0.29, 0.717) is 37.0 Å². The monoisotopic (exact) mass is 374 g/mol. The third kappa shape index (κ3) is 4.84. The molecule has 8 heteroatoms. The van der Waals surface area contributed by atoms with Crippen LogP contribution >= 0.6 is 0 Å². The molecule has 2 aromatic heterocycles. The van der Waals surface area contributed by atoms with Gasteiger partial charge in [0, 0.05) is 68.4 Å². The van der Waals surface area contributed by atoms with Crippen LogP contribution in [0.1, 0.15) is 12.5 Å². The fraction of sp³-hybridized carbons (Fsp3) is 0.474. The predicted octanol–water partition coefficient (Wildman–Crippen LogP) is 2.29. The van der Waals surface area contributed by atoms with Gasteiger partial charge < -0.3 is 25.6 Å². The number of halogens is 1. The third-order valence-corrected chi connectivity index (χ3v) is 4.57. The molecule has 0 unspecified atom stereocenters. The summed E-state index contributed by atoms with van der Waals surface area (Å²) >= 11 is 0. The summed E-state index contributed by atoms with van der Waals surface area (Å²) in [5.74, 6) is 1.62. The number of rotatable bonds is 7. The maximum Gasteiger partial charge on any atom is 0.136 e. The molecule has 1 aliphatic rings. The molecule has 0 aliphatic carbocycles. The molecule has 0 spiro atoms. The number of aromatic nitrogens is 2. The van der Waals surface area contributed by atoms with Crippen LogP contribution in [-0.2, 0) is 4.74 Å². The number of anilines is 4. The van der Waals surface area contributed by atoms with Crippen molar-refractivity contribution in [3.8, 4) is 0 Å². The molecule has 27 heavy (non-hydrogen) atoms. The van der Waals surface area contributed by atoms with Gasteiger partial charge in [-0.3, -0.25) is 0 Å². The molecule has 0 bridgehead atoms. The van der Waals surface area contributed by atoms with Crippen molar-refractivity contribution in [1.82, 2.24) is 9.97 Å². The lowest BCUT2D eigenvalue weighted by Crippen LogP contribution is -2.37. The quantitative estimate of drug-likeness (QED) is 0.770. The number of hydrogen-bond acceptors (Lipinski definition) is 7. The molecular weight excluding hydrogens is 347 g/mol. The highest BCUT2D eigenvalue weighted by Gasteiger charge is 2.16. The Hall–Kier alpha value is -2.45. The summed E-state index contributed by atoms with van der Waals surface area (Å²) in [6.45, 7) is 8.87. The second-order valence-electron chi connectivity index (χ2n) is 6.48. The Balaban J connectivity index is 1.93. The molecule has 3 rings (SSSR count). The number of aryl methyl sites for hydroxylation is 1. The van der Waals surface area contributed by atoms with Crippen LogP contribution in [0.5, 0.6) is 0 Å². The molecule has 1 aliphatic heterocycles. The largest absolute Gasteiger partial charge is 0.378 e. The average Bonchev–Trinajstić information content (AvgIpc) is 2.69. The zero-order valence-corrected chi connectivity index (χ0v) is 15.9.